The Morgan fingerprint density at radius 1 is 1.33 bits per heavy atom. The lowest BCUT2D eigenvalue weighted by Crippen LogP contribution is -2.03. The summed E-state index contributed by atoms with van der Waals surface area (Å²) >= 11 is 0. The van der Waals surface area contributed by atoms with Crippen molar-refractivity contribution in [2.45, 2.75) is 20.3 Å². The molecule has 0 unspecified atom stereocenters. The molecule has 0 saturated heterocycles. The number of para-hydroxylation sites is 1. The van der Waals surface area contributed by atoms with E-state index in [1.807, 2.05) is 13.8 Å². The number of hydrogen-bond donors (Lipinski definition) is 0. The molecular formula is C12H16O3. The van der Waals surface area contributed by atoms with Crippen molar-refractivity contribution in [1.29, 1.82) is 0 Å². The molecule has 0 fully saturated rings. The molecule has 0 aliphatic heterocycles. The molecule has 1 rings (SSSR count). The Hall–Kier alpha value is -1.51. The summed E-state index contributed by atoms with van der Waals surface area (Å²) < 4.78 is 10.6. The first-order valence-electron chi connectivity index (χ1n) is 5.07. The number of carbonyl (C=O) groups is 1. The van der Waals surface area contributed by atoms with E-state index < -0.39 is 0 Å². The highest BCUT2D eigenvalue weighted by molar-refractivity contribution is 5.99. The highest BCUT2D eigenvalue weighted by atomic mass is 16.5. The van der Waals surface area contributed by atoms with Crippen molar-refractivity contribution in [2.24, 2.45) is 0 Å². The van der Waals surface area contributed by atoms with E-state index in [0.717, 1.165) is 0 Å². The van der Waals surface area contributed by atoms with E-state index in [0.29, 0.717) is 30.1 Å². The third-order valence-electron chi connectivity index (χ3n) is 2.10. The van der Waals surface area contributed by atoms with Gasteiger partial charge in [0.2, 0.25) is 0 Å². The van der Waals surface area contributed by atoms with E-state index >= 15 is 0 Å². The number of Topliss-reactive ketones (excluding diaryl/α,β-unsaturated/α-hetero) is 1. The van der Waals surface area contributed by atoms with E-state index in [1.165, 1.54) is 0 Å². The van der Waals surface area contributed by atoms with E-state index in [1.54, 1.807) is 25.3 Å². The Labute approximate surface area is 90.0 Å². The van der Waals surface area contributed by atoms with Gasteiger partial charge in [0.25, 0.3) is 0 Å². The minimum absolute atomic E-state index is 0.0633. The predicted octanol–water partition coefficient (Wildman–Crippen LogP) is 2.69. The number of rotatable bonds is 5. The second kappa shape index (κ2) is 5.39. The minimum atomic E-state index is 0.0633. The van der Waals surface area contributed by atoms with Gasteiger partial charge in [-0.15, -0.1) is 0 Å². The molecule has 0 atom stereocenters. The van der Waals surface area contributed by atoms with Crippen molar-refractivity contribution in [3.8, 4) is 11.5 Å². The Kier molecular flexibility index (Phi) is 4.16. The van der Waals surface area contributed by atoms with Crippen LogP contribution in [-0.2, 0) is 0 Å². The first-order chi connectivity index (χ1) is 7.24. The largest absolute Gasteiger partial charge is 0.492 e. The summed E-state index contributed by atoms with van der Waals surface area (Å²) in [7, 11) is 1.55. The van der Waals surface area contributed by atoms with Crippen LogP contribution in [0.1, 0.15) is 30.6 Å². The van der Waals surface area contributed by atoms with Crippen LogP contribution in [0.25, 0.3) is 0 Å². The molecule has 0 N–H and O–H groups in total. The van der Waals surface area contributed by atoms with Crippen molar-refractivity contribution < 1.29 is 14.3 Å². The first kappa shape index (κ1) is 11.6. The fraction of sp³-hybridized carbons (Fsp3) is 0.417. The highest BCUT2D eigenvalue weighted by Crippen LogP contribution is 2.31. The SMILES string of the molecule is CCOc1cccc(C(=O)CC)c1OC. The van der Waals surface area contributed by atoms with Crippen molar-refractivity contribution >= 4 is 5.78 Å². The van der Waals surface area contributed by atoms with Gasteiger partial charge in [-0.1, -0.05) is 13.0 Å². The van der Waals surface area contributed by atoms with Gasteiger partial charge in [-0.3, -0.25) is 4.79 Å². The van der Waals surface area contributed by atoms with Crippen LogP contribution in [0.5, 0.6) is 11.5 Å². The summed E-state index contributed by atoms with van der Waals surface area (Å²) in [5.74, 6) is 1.22. The minimum Gasteiger partial charge on any atom is -0.492 e. The molecule has 0 aliphatic rings. The fourth-order valence-electron chi connectivity index (χ4n) is 1.41. The van der Waals surface area contributed by atoms with Crippen molar-refractivity contribution in [3.05, 3.63) is 23.8 Å². The summed E-state index contributed by atoms with van der Waals surface area (Å²) in [6.45, 7) is 4.28. The zero-order valence-corrected chi connectivity index (χ0v) is 9.37. The summed E-state index contributed by atoms with van der Waals surface area (Å²) in [6.07, 6.45) is 0.464. The Balaban J connectivity index is 3.15. The molecule has 0 spiro atoms. The summed E-state index contributed by atoms with van der Waals surface area (Å²) in [6, 6.07) is 5.36. The lowest BCUT2D eigenvalue weighted by molar-refractivity contribution is 0.0984. The molecular weight excluding hydrogens is 192 g/mol. The maximum Gasteiger partial charge on any atom is 0.171 e. The fourth-order valence-corrected chi connectivity index (χ4v) is 1.41. The van der Waals surface area contributed by atoms with E-state index in [-0.39, 0.29) is 5.78 Å². The maximum absolute atomic E-state index is 11.6. The van der Waals surface area contributed by atoms with E-state index in [4.69, 9.17) is 9.47 Å². The van der Waals surface area contributed by atoms with Crippen LogP contribution in [0.15, 0.2) is 18.2 Å². The lowest BCUT2D eigenvalue weighted by Gasteiger charge is -2.12. The molecule has 3 heteroatoms. The lowest BCUT2D eigenvalue weighted by atomic mass is 10.1. The van der Waals surface area contributed by atoms with Crippen molar-refractivity contribution in [2.75, 3.05) is 13.7 Å². The first-order valence-corrected chi connectivity index (χ1v) is 5.07. The predicted molar refractivity (Wildman–Crippen MR) is 58.8 cm³/mol. The number of benzene rings is 1. The quantitative estimate of drug-likeness (QED) is 0.698. The molecule has 0 radical (unpaired) electrons. The van der Waals surface area contributed by atoms with E-state index in [2.05, 4.69) is 0 Å². The monoisotopic (exact) mass is 208 g/mol. The number of ketones is 1. The number of carbonyl (C=O) groups excluding carboxylic acids is 1. The Morgan fingerprint density at radius 2 is 2.07 bits per heavy atom. The van der Waals surface area contributed by atoms with Gasteiger partial charge in [-0.25, -0.2) is 0 Å². The molecule has 0 heterocycles. The van der Waals surface area contributed by atoms with Crippen LogP contribution in [0, 0.1) is 0 Å². The van der Waals surface area contributed by atoms with Gasteiger partial charge in [-0.2, -0.15) is 0 Å². The third kappa shape index (κ3) is 2.49. The van der Waals surface area contributed by atoms with Crippen LogP contribution >= 0.6 is 0 Å². The average Bonchev–Trinajstić information content (AvgIpc) is 2.28. The van der Waals surface area contributed by atoms with Crippen LogP contribution in [0.3, 0.4) is 0 Å². The molecule has 15 heavy (non-hydrogen) atoms. The number of methoxy groups -OCH3 is 1. The van der Waals surface area contributed by atoms with Gasteiger partial charge < -0.3 is 9.47 Å². The van der Waals surface area contributed by atoms with Gasteiger partial charge in [-0.05, 0) is 19.1 Å². The topological polar surface area (TPSA) is 35.5 Å². The molecule has 82 valence electrons. The molecule has 3 nitrogen and oxygen atoms in total. The number of ether oxygens (including phenoxy) is 2. The smallest absolute Gasteiger partial charge is 0.171 e. The van der Waals surface area contributed by atoms with Gasteiger partial charge in [0, 0.05) is 6.42 Å². The van der Waals surface area contributed by atoms with Crippen molar-refractivity contribution in [3.63, 3.8) is 0 Å². The van der Waals surface area contributed by atoms with Gasteiger partial charge in [0.15, 0.2) is 17.3 Å². The number of hydrogen-bond acceptors (Lipinski definition) is 3. The molecule has 0 amide bonds. The maximum atomic E-state index is 11.6. The van der Waals surface area contributed by atoms with Crippen LogP contribution in [0.4, 0.5) is 0 Å². The summed E-state index contributed by atoms with van der Waals surface area (Å²) in [4.78, 5) is 11.6. The van der Waals surface area contributed by atoms with Crippen LogP contribution in [0.2, 0.25) is 0 Å². The normalized spacial score (nSPS) is 9.80. The molecule has 1 aromatic rings. The molecule has 0 bridgehead atoms. The molecule has 1 aromatic carbocycles. The van der Waals surface area contributed by atoms with Gasteiger partial charge in [0.05, 0.1) is 19.3 Å². The Morgan fingerprint density at radius 3 is 2.60 bits per heavy atom. The standard InChI is InChI=1S/C12H16O3/c1-4-10(13)9-7-6-8-11(15-5-2)12(9)14-3/h6-8H,4-5H2,1-3H3. The second-order valence-corrected chi connectivity index (χ2v) is 3.05. The van der Waals surface area contributed by atoms with Crippen molar-refractivity contribution in [1.82, 2.24) is 0 Å². The molecule has 0 saturated carbocycles. The van der Waals surface area contributed by atoms with Crippen LogP contribution < -0.4 is 9.47 Å². The summed E-state index contributed by atoms with van der Waals surface area (Å²) in [5, 5.41) is 0. The average molecular weight is 208 g/mol. The Bertz CT molecular complexity index is 345. The van der Waals surface area contributed by atoms with E-state index in [9.17, 15) is 4.79 Å². The highest BCUT2D eigenvalue weighted by Gasteiger charge is 2.14. The van der Waals surface area contributed by atoms with Gasteiger partial charge >= 0.3 is 0 Å². The second-order valence-electron chi connectivity index (χ2n) is 3.05. The van der Waals surface area contributed by atoms with Crippen LogP contribution in [-0.4, -0.2) is 19.5 Å². The molecule has 0 aromatic heterocycles. The molecule has 0 aliphatic carbocycles. The third-order valence-corrected chi connectivity index (χ3v) is 2.10. The van der Waals surface area contributed by atoms with Gasteiger partial charge in [0.1, 0.15) is 0 Å². The zero-order valence-electron chi connectivity index (χ0n) is 9.37. The zero-order chi connectivity index (χ0) is 11.3. The summed E-state index contributed by atoms with van der Waals surface area (Å²) in [5.41, 5.74) is 0.589.